The molecule has 3 rings (SSSR count). The lowest BCUT2D eigenvalue weighted by atomic mass is 10.1. The molecule has 1 N–H and O–H groups in total. The minimum absolute atomic E-state index is 0.723. The third kappa shape index (κ3) is 3.33. The zero-order chi connectivity index (χ0) is 12.9. The highest BCUT2D eigenvalue weighted by molar-refractivity contribution is 5.95. The summed E-state index contributed by atoms with van der Waals surface area (Å²) in [5.74, 6) is 0.809. The highest BCUT2D eigenvalue weighted by Gasteiger charge is 2.12. The lowest BCUT2D eigenvalue weighted by Gasteiger charge is -2.27. The molecule has 4 heteroatoms. The number of ether oxygens (including phenoxy) is 1. The van der Waals surface area contributed by atoms with Gasteiger partial charge < -0.3 is 15.0 Å². The Bertz CT molecular complexity index is 452. The zero-order valence-electron chi connectivity index (χ0n) is 11.3. The number of rotatable bonds is 4. The summed E-state index contributed by atoms with van der Waals surface area (Å²) in [5.41, 5.74) is 2.49. The van der Waals surface area contributed by atoms with Crippen LogP contribution in [0.15, 0.2) is 29.3 Å². The molecule has 0 atom stereocenters. The number of nitrogens with zero attached hydrogens (tertiary/aromatic N) is 2. The maximum Gasteiger partial charge on any atom is 0.216 e. The molecular formula is C15H21N3O. The van der Waals surface area contributed by atoms with Crippen molar-refractivity contribution in [3.05, 3.63) is 35.4 Å². The molecule has 0 spiro atoms. The third-order valence-electron chi connectivity index (χ3n) is 3.69. The second-order valence-electron chi connectivity index (χ2n) is 5.08. The highest BCUT2D eigenvalue weighted by atomic mass is 16.5. The van der Waals surface area contributed by atoms with E-state index >= 15 is 0 Å². The zero-order valence-corrected chi connectivity index (χ0v) is 11.3. The smallest absolute Gasteiger partial charge is 0.216 e. The summed E-state index contributed by atoms with van der Waals surface area (Å²) in [6, 6.07) is 8.60. The summed E-state index contributed by atoms with van der Waals surface area (Å²) in [6.07, 6.45) is 1.10. The van der Waals surface area contributed by atoms with Gasteiger partial charge in [0.25, 0.3) is 0 Å². The standard InChI is InChI=1S/C15H21N3O/c1-2-13(4-8-18-9-5-16-6-10-18)12-14(3-1)15-17-7-11-19-15/h1-3,12,16H,4-11H2. The molecule has 2 aliphatic heterocycles. The Labute approximate surface area is 114 Å². The van der Waals surface area contributed by atoms with Gasteiger partial charge in [-0.2, -0.15) is 0 Å². The van der Waals surface area contributed by atoms with Crippen LogP contribution < -0.4 is 5.32 Å². The van der Waals surface area contributed by atoms with Gasteiger partial charge in [-0.1, -0.05) is 12.1 Å². The van der Waals surface area contributed by atoms with E-state index in [9.17, 15) is 0 Å². The Kier molecular flexibility index (Phi) is 4.10. The topological polar surface area (TPSA) is 36.9 Å². The first-order chi connectivity index (χ1) is 9.42. The Morgan fingerprint density at radius 2 is 2.16 bits per heavy atom. The van der Waals surface area contributed by atoms with E-state index in [0.717, 1.165) is 63.8 Å². The minimum Gasteiger partial charge on any atom is -0.476 e. The molecule has 0 aromatic heterocycles. The van der Waals surface area contributed by atoms with Gasteiger partial charge >= 0.3 is 0 Å². The van der Waals surface area contributed by atoms with Gasteiger partial charge in [0.05, 0.1) is 6.54 Å². The Morgan fingerprint density at radius 1 is 1.26 bits per heavy atom. The van der Waals surface area contributed by atoms with Gasteiger partial charge in [-0.25, -0.2) is 4.99 Å². The number of piperazine rings is 1. The van der Waals surface area contributed by atoms with Gasteiger partial charge in [0, 0.05) is 38.3 Å². The second kappa shape index (κ2) is 6.17. The van der Waals surface area contributed by atoms with E-state index in [4.69, 9.17) is 4.74 Å². The number of aliphatic imine (C=N–C) groups is 1. The van der Waals surface area contributed by atoms with Crippen molar-refractivity contribution in [1.82, 2.24) is 10.2 Å². The van der Waals surface area contributed by atoms with E-state index in [1.165, 1.54) is 5.56 Å². The summed E-state index contributed by atoms with van der Waals surface area (Å²) in [7, 11) is 0. The van der Waals surface area contributed by atoms with Crippen molar-refractivity contribution in [2.75, 3.05) is 45.9 Å². The number of hydrogen-bond acceptors (Lipinski definition) is 4. The van der Waals surface area contributed by atoms with E-state index in [0.29, 0.717) is 0 Å². The number of nitrogens with one attached hydrogen (secondary N) is 1. The minimum atomic E-state index is 0.723. The van der Waals surface area contributed by atoms with E-state index in [2.05, 4.69) is 39.5 Å². The van der Waals surface area contributed by atoms with Crippen LogP contribution in [0.5, 0.6) is 0 Å². The van der Waals surface area contributed by atoms with E-state index in [-0.39, 0.29) is 0 Å². The number of hydrogen-bond donors (Lipinski definition) is 1. The first kappa shape index (κ1) is 12.6. The van der Waals surface area contributed by atoms with Crippen LogP contribution in [0.25, 0.3) is 0 Å². The first-order valence-corrected chi connectivity index (χ1v) is 7.11. The van der Waals surface area contributed by atoms with Gasteiger partial charge in [0.15, 0.2) is 0 Å². The van der Waals surface area contributed by atoms with Crippen LogP contribution in [-0.2, 0) is 11.2 Å². The van der Waals surface area contributed by atoms with Gasteiger partial charge in [-0.05, 0) is 24.1 Å². The predicted molar refractivity (Wildman–Crippen MR) is 76.8 cm³/mol. The molecule has 1 saturated heterocycles. The molecule has 1 aromatic rings. The summed E-state index contributed by atoms with van der Waals surface area (Å²) in [6.45, 7) is 7.21. The monoisotopic (exact) mass is 259 g/mol. The maximum absolute atomic E-state index is 5.52. The normalized spacial score (nSPS) is 20.1. The fourth-order valence-corrected chi connectivity index (χ4v) is 2.59. The average Bonchev–Trinajstić information content (AvgIpc) is 3.01. The SMILES string of the molecule is c1cc(CCN2CCNCC2)cc(C2=NCCO2)c1. The predicted octanol–water partition coefficient (Wildman–Crippen LogP) is 0.911. The molecule has 1 aromatic carbocycles. The molecule has 0 aliphatic carbocycles. The first-order valence-electron chi connectivity index (χ1n) is 7.11. The average molecular weight is 259 g/mol. The molecule has 1 fully saturated rings. The van der Waals surface area contributed by atoms with Crippen LogP contribution in [0.2, 0.25) is 0 Å². The van der Waals surface area contributed by atoms with Crippen molar-refractivity contribution in [2.24, 2.45) is 4.99 Å². The molecule has 4 nitrogen and oxygen atoms in total. The lowest BCUT2D eigenvalue weighted by Crippen LogP contribution is -2.44. The molecule has 2 heterocycles. The highest BCUT2D eigenvalue weighted by Crippen LogP contribution is 2.11. The molecular weight excluding hydrogens is 238 g/mol. The molecule has 0 amide bonds. The van der Waals surface area contributed by atoms with Crippen LogP contribution in [-0.4, -0.2) is 56.7 Å². The number of benzene rings is 1. The third-order valence-corrected chi connectivity index (χ3v) is 3.69. The second-order valence-corrected chi connectivity index (χ2v) is 5.08. The van der Waals surface area contributed by atoms with Crippen LogP contribution in [0, 0.1) is 0 Å². The van der Waals surface area contributed by atoms with Crippen LogP contribution in [0.4, 0.5) is 0 Å². The Hall–Kier alpha value is -1.39. The van der Waals surface area contributed by atoms with E-state index in [1.54, 1.807) is 0 Å². The Morgan fingerprint density at radius 3 is 2.95 bits per heavy atom. The van der Waals surface area contributed by atoms with E-state index in [1.807, 2.05) is 0 Å². The van der Waals surface area contributed by atoms with Crippen molar-refractivity contribution in [3.8, 4) is 0 Å². The van der Waals surface area contributed by atoms with Gasteiger partial charge in [-0.15, -0.1) is 0 Å². The van der Waals surface area contributed by atoms with Crippen molar-refractivity contribution < 1.29 is 4.74 Å². The molecule has 0 unspecified atom stereocenters. The molecule has 102 valence electrons. The fraction of sp³-hybridized carbons (Fsp3) is 0.533. The van der Waals surface area contributed by atoms with Gasteiger partial charge in [0.1, 0.15) is 6.61 Å². The summed E-state index contributed by atoms with van der Waals surface area (Å²) >= 11 is 0. The van der Waals surface area contributed by atoms with Crippen LogP contribution in [0.3, 0.4) is 0 Å². The quantitative estimate of drug-likeness (QED) is 0.873. The van der Waals surface area contributed by atoms with Crippen LogP contribution in [0.1, 0.15) is 11.1 Å². The summed E-state index contributed by atoms with van der Waals surface area (Å²) in [5, 5.41) is 3.39. The molecule has 2 aliphatic rings. The van der Waals surface area contributed by atoms with Gasteiger partial charge in [0.2, 0.25) is 5.90 Å². The van der Waals surface area contributed by atoms with Crippen molar-refractivity contribution in [1.29, 1.82) is 0 Å². The lowest BCUT2D eigenvalue weighted by molar-refractivity contribution is 0.244. The molecule has 0 bridgehead atoms. The van der Waals surface area contributed by atoms with Crippen molar-refractivity contribution in [2.45, 2.75) is 6.42 Å². The van der Waals surface area contributed by atoms with Gasteiger partial charge in [-0.3, -0.25) is 0 Å². The van der Waals surface area contributed by atoms with E-state index < -0.39 is 0 Å². The molecule has 0 radical (unpaired) electrons. The fourth-order valence-electron chi connectivity index (χ4n) is 2.59. The maximum atomic E-state index is 5.52. The summed E-state index contributed by atoms with van der Waals surface area (Å²) < 4.78 is 5.52. The van der Waals surface area contributed by atoms with Crippen LogP contribution >= 0.6 is 0 Å². The molecule has 0 saturated carbocycles. The Balaban J connectivity index is 1.59. The van der Waals surface area contributed by atoms with Crippen molar-refractivity contribution in [3.63, 3.8) is 0 Å². The summed E-state index contributed by atoms with van der Waals surface area (Å²) in [4.78, 5) is 6.89. The molecule has 19 heavy (non-hydrogen) atoms. The largest absolute Gasteiger partial charge is 0.476 e. The van der Waals surface area contributed by atoms with Crippen molar-refractivity contribution >= 4 is 5.90 Å².